The van der Waals surface area contributed by atoms with Crippen LogP contribution in [0.1, 0.15) is 32.4 Å². The average molecular weight is 156 g/mol. The summed E-state index contributed by atoms with van der Waals surface area (Å²) in [5.74, 6) is 0.810. The fraction of sp³-hybridized carbons (Fsp3) is 0.714. The Morgan fingerprint density at radius 1 is 1.45 bits per heavy atom. The van der Waals surface area contributed by atoms with Crippen LogP contribution in [-0.4, -0.2) is 16.9 Å². The highest BCUT2D eigenvalue weighted by atomic mass is 16.6. The number of rotatable bonds is 3. The van der Waals surface area contributed by atoms with Gasteiger partial charge in [0.2, 0.25) is 0 Å². The summed E-state index contributed by atoms with van der Waals surface area (Å²) in [6.07, 6.45) is 0. The molecule has 0 saturated heterocycles. The summed E-state index contributed by atoms with van der Waals surface area (Å²) in [7, 11) is 0. The first-order valence-corrected chi connectivity index (χ1v) is 3.71. The Morgan fingerprint density at radius 3 is 2.73 bits per heavy atom. The van der Waals surface area contributed by atoms with E-state index in [-0.39, 0.29) is 0 Å². The second kappa shape index (κ2) is 3.37. The molecular weight excluding hydrogens is 144 g/mol. The first-order valence-electron chi connectivity index (χ1n) is 3.71. The van der Waals surface area contributed by atoms with Gasteiger partial charge in [0, 0.05) is 5.92 Å². The van der Waals surface area contributed by atoms with E-state index in [0.29, 0.717) is 18.4 Å². The van der Waals surface area contributed by atoms with Crippen molar-refractivity contribution in [1.29, 1.82) is 0 Å². The molecule has 4 heteroatoms. The molecule has 0 fully saturated rings. The molecule has 0 amide bonds. The monoisotopic (exact) mass is 156 g/mol. The third-order valence-corrected chi connectivity index (χ3v) is 1.31. The molecule has 4 nitrogen and oxygen atoms in total. The molecule has 1 aromatic rings. The van der Waals surface area contributed by atoms with Crippen molar-refractivity contribution in [1.82, 2.24) is 10.3 Å². The van der Waals surface area contributed by atoms with Crippen LogP contribution < -0.4 is 4.74 Å². The lowest BCUT2D eigenvalue weighted by molar-refractivity contribution is 0.263. The Hall–Kier alpha value is -1.06. The van der Waals surface area contributed by atoms with Crippen molar-refractivity contribution >= 4 is 0 Å². The van der Waals surface area contributed by atoms with Gasteiger partial charge in [-0.1, -0.05) is 19.0 Å². The molecule has 0 unspecified atom stereocenters. The van der Waals surface area contributed by atoms with E-state index in [1.807, 2.05) is 20.8 Å². The minimum absolute atomic E-state index is 0.294. The van der Waals surface area contributed by atoms with E-state index in [1.165, 1.54) is 0 Å². The first-order chi connectivity index (χ1) is 5.25. The van der Waals surface area contributed by atoms with Crippen LogP contribution >= 0.6 is 0 Å². The van der Waals surface area contributed by atoms with Gasteiger partial charge in [0.05, 0.1) is 6.61 Å². The lowest BCUT2D eigenvalue weighted by atomic mass is 10.1. The quantitative estimate of drug-likeness (QED) is 0.666. The molecule has 0 aliphatic rings. The third-order valence-electron chi connectivity index (χ3n) is 1.31. The van der Waals surface area contributed by atoms with Crippen LogP contribution in [0.25, 0.3) is 0 Å². The lowest BCUT2D eigenvalue weighted by Gasteiger charge is -2.00. The van der Waals surface area contributed by atoms with Gasteiger partial charge in [-0.25, -0.2) is 4.63 Å². The summed E-state index contributed by atoms with van der Waals surface area (Å²) in [5.41, 5.74) is 0.784. The van der Waals surface area contributed by atoms with Crippen LogP contribution in [-0.2, 0) is 0 Å². The summed E-state index contributed by atoms with van der Waals surface area (Å²) < 4.78 is 9.71. The van der Waals surface area contributed by atoms with Crippen LogP contribution in [0.2, 0.25) is 0 Å². The van der Waals surface area contributed by atoms with Crippen molar-refractivity contribution < 1.29 is 9.37 Å². The van der Waals surface area contributed by atoms with Crippen molar-refractivity contribution in [2.75, 3.05) is 6.61 Å². The van der Waals surface area contributed by atoms with Crippen molar-refractivity contribution in [2.45, 2.75) is 26.7 Å². The Morgan fingerprint density at radius 2 is 2.18 bits per heavy atom. The zero-order valence-corrected chi connectivity index (χ0v) is 7.00. The van der Waals surface area contributed by atoms with Gasteiger partial charge in [0.15, 0.2) is 5.69 Å². The SMILES string of the molecule is CCOc1nonc1C(C)C. The van der Waals surface area contributed by atoms with Gasteiger partial charge in [0.1, 0.15) is 0 Å². The standard InChI is InChI=1S/C7H12N2O2/c1-4-10-7-6(5(2)3)8-11-9-7/h5H,4H2,1-3H3. The summed E-state index contributed by atoms with van der Waals surface area (Å²) in [5, 5.41) is 7.34. The third kappa shape index (κ3) is 1.69. The molecule has 11 heavy (non-hydrogen) atoms. The van der Waals surface area contributed by atoms with Gasteiger partial charge in [-0.15, -0.1) is 0 Å². The Bertz CT molecular complexity index is 220. The predicted molar refractivity (Wildman–Crippen MR) is 39.6 cm³/mol. The molecule has 1 aromatic heterocycles. The average Bonchev–Trinajstić information content (AvgIpc) is 2.36. The number of hydrogen-bond donors (Lipinski definition) is 0. The number of ether oxygens (including phenoxy) is 1. The van der Waals surface area contributed by atoms with E-state index in [9.17, 15) is 0 Å². The molecule has 0 saturated carbocycles. The van der Waals surface area contributed by atoms with Gasteiger partial charge in [0.25, 0.3) is 5.88 Å². The summed E-state index contributed by atoms with van der Waals surface area (Å²) in [6.45, 7) is 6.52. The summed E-state index contributed by atoms with van der Waals surface area (Å²) in [6, 6.07) is 0. The summed E-state index contributed by atoms with van der Waals surface area (Å²) in [4.78, 5) is 0. The highest BCUT2D eigenvalue weighted by Crippen LogP contribution is 2.21. The van der Waals surface area contributed by atoms with Gasteiger partial charge >= 0.3 is 0 Å². The number of aromatic nitrogens is 2. The van der Waals surface area contributed by atoms with E-state index in [0.717, 1.165) is 5.69 Å². The van der Waals surface area contributed by atoms with Gasteiger partial charge in [-0.05, 0) is 12.1 Å². The molecule has 0 aromatic carbocycles. The second-order valence-electron chi connectivity index (χ2n) is 2.54. The van der Waals surface area contributed by atoms with Crippen LogP contribution in [0, 0.1) is 0 Å². The van der Waals surface area contributed by atoms with Gasteiger partial charge in [-0.2, -0.15) is 0 Å². The molecule has 0 spiro atoms. The molecule has 0 atom stereocenters. The van der Waals surface area contributed by atoms with Crippen LogP contribution in [0.3, 0.4) is 0 Å². The maximum Gasteiger partial charge on any atom is 0.279 e. The molecule has 0 radical (unpaired) electrons. The molecule has 0 aliphatic heterocycles. The molecule has 1 heterocycles. The Balaban J connectivity index is 2.78. The lowest BCUT2D eigenvalue weighted by Crippen LogP contribution is -1.97. The van der Waals surface area contributed by atoms with E-state index in [4.69, 9.17) is 4.74 Å². The molecular formula is C7H12N2O2. The van der Waals surface area contributed by atoms with Crippen molar-refractivity contribution in [3.8, 4) is 5.88 Å². The van der Waals surface area contributed by atoms with E-state index in [2.05, 4.69) is 14.9 Å². The minimum atomic E-state index is 0.294. The molecule has 0 N–H and O–H groups in total. The molecule has 0 bridgehead atoms. The van der Waals surface area contributed by atoms with E-state index in [1.54, 1.807) is 0 Å². The van der Waals surface area contributed by atoms with E-state index >= 15 is 0 Å². The Kier molecular flexibility index (Phi) is 2.46. The fourth-order valence-electron chi connectivity index (χ4n) is 0.777. The number of hydrogen-bond acceptors (Lipinski definition) is 4. The molecule has 62 valence electrons. The van der Waals surface area contributed by atoms with Crippen molar-refractivity contribution in [2.24, 2.45) is 0 Å². The maximum atomic E-state index is 5.17. The largest absolute Gasteiger partial charge is 0.474 e. The zero-order valence-electron chi connectivity index (χ0n) is 7.00. The molecule has 0 aliphatic carbocycles. The van der Waals surface area contributed by atoms with E-state index < -0.39 is 0 Å². The topological polar surface area (TPSA) is 48.2 Å². The number of nitrogens with zero attached hydrogens (tertiary/aromatic N) is 2. The Labute approximate surface area is 65.5 Å². The van der Waals surface area contributed by atoms with Crippen LogP contribution in [0.15, 0.2) is 4.63 Å². The minimum Gasteiger partial charge on any atom is -0.474 e. The summed E-state index contributed by atoms with van der Waals surface area (Å²) >= 11 is 0. The highest BCUT2D eigenvalue weighted by Gasteiger charge is 2.13. The smallest absolute Gasteiger partial charge is 0.279 e. The maximum absolute atomic E-state index is 5.17. The predicted octanol–water partition coefficient (Wildman–Crippen LogP) is 1.59. The van der Waals surface area contributed by atoms with Crippen molar-refractivity contribution in [3.63, 3.8) is 0 Å². The highest BCUT2D eigenvalue weighted by molar-refractivity contribution is 5.17. The van der Waals surface area contributed by atoms with Crippen LogP contribution in [0.4, 0.5) is 0 Å². The molecule has 1 rings (SSSR count). The van der Waals surface area contributed by atoms with Gasteiger partial charge < -0.3 is 4.74 Å². The normalized spacial score (nSPS) is 10.5. The zero-order chi connectivity index (χ0) is 8.27. The van der Waals surface area contributed by atoms with Crippen LogP contribution in [0.5, 0.6) is 5.88 Å². The van der Waals surface area contributed by atoms with Gasteiger partial charge in [-0.3, -0.25) is 0 Å². The fourth-order valence-corrected chi connectivity index (χ4v) is 0.777. The second-order valence-corrected chi connectivity index (χ2v) is 2.54. The van der Waals surface area contributed by atoms with Crippen molar-refractivity contribution in [3.05, 3.63) is 5.69 Å². The first kappa shape index (κ1) is 8.04.